The molecule has 2 amide bonds. The van der Waals surface area contributed by atoms with E-state index in [1.807, 2.05) is 0 Å². The monoisotopic (exact) mass is 393 g/mol. The van der Waals surface area contributed by atoms with E-state index in [1.54, 1.807) is 23.3 Å². The average molecular weight is 393 g/mol. The predicted octanol–water partition coefficient (Wildman–Crippen LogP) is 2.82. The Kier molecular flexibility index (Phi) is 4.57. The van der Waals surface area contributed by atoms with Crippen molar-refractivity contribution in [3.63, 3.8) is 0 Å². The first-order valence-electron chi connectivity index (χ1n) is 8.43. The molecule has 3 atom stereocenters. The summed E-state index contributed by atoms with van der Waals surface area (Å²) in [4.78, 5) is 30.3. The molecule has 0 bridgehead atoms. The zero-order valence-corrected chi connectivity index (χ0v) is 16.1. The fraction of sp³-hybridized carbons (Fsp3) is 0.562. The molecule has 0 unspecified atom stereocenters. The highest BCUT2D eigenvalue weighted by Crippen LogP contribution is 2.51. The van der Waals surface area contributed by atoms with Gasteiger partial charge < -0.3 is 10.1 Å². The van der Waals surface area contributed by atoms with E-state index in [9.17, 15) is 9.59 Å². The van der Waals surface area contributed by atoms with Gasteiger partial charge in [0.1, 0.15) is 11.9 Å². The number of nitrogens with zero attached hydrogens (tertiary/aromatic N) is 4. The number of nitrogens with one attached hydrogen (secondary N) is 1. The van der Waals surface area contributed by atoms with Gasteiger partial charge in [0.25, 0.3) is 5.91 Å². The number of carbonyl (C=O) groups excluding carboxylic acids is 2. The van der Waals surface area contributed by atoms with Crippen molar-refractivity contribution in [2.75, 3.05) is 18.5 Å². The van der Waals surface area contributed by atoms with Crippen LogP contribution in [0.25, 0.3) is 0 Å². The van der Waals surface area contributed by atoms with Crippen LogP contribution in [0, 0.1) is 5.92 Å². The number of ether oxygens (including phenoxy) is 1. The van der Waals surface area contributed by atoms with Crippen molar-refractivity contribution in [1.82, 2.24) is 9.99 Å². The minimum absolute atomic E-state index is 0.167. The lowest BCUT2D eigenvalue weighted by Gasteiger charge is -2.35. The summed E-state index contributed by atoms with van der Waals surface area (Å²) in [5, 5.41) is 14.1. The summed E-state index contributed by atoms with van der Waals surface area (Å²) in [5.41, 5.74) is 0.848. The highest BCUT2D eigenvalue weighted by molar-refractivity contribution is 8.04. The Labute approximate surface area is 159 Å². The Morgan fingerprint density at radius 3 is 3.12 bits per heavy atom. The fourth-order valence-corrected chi connectivity index (χ4v) is 5.08. The van der Waals surface area contributed by atoms with E-state index in [0.717, 1.165) is 16.9 Å². The first-order chi connectivity index (χ1) is 12.5. The van der Waals surface area contributed by atoms with Crippen molar-refractivity contribution >= 4 is 40.0 Å². The molecule has 138 valence electrons. The normalized spacial score (nSPS) is 30.4. The number of hydrogen-bond acceptors (Lipinski definition) is 8. The lowest BCUT2D eigenvalue weighted by atomic mass is 9.84. The van der Waals surface area contributed by atoms with Gasteiger partial charge >= 0.3 is 0 Å². The maximum atomic E-state index is 13.0. The Bertz CT molecular complexity index is 794. The van der Waals surface area contributed by atoms with Gasteiger partial charge in [0, 0.05) is 16.5 Å². The second-order valence-electron chi connectivity index (χ2n) is 6.69. The number of rotatable bonds is 4. The minimum Gasteiger partial charge on any atom is -0.370 e. The molecule has 26 heavy (non-hydrogen) atoms. The van der Waals surface area contributed by atoms with E-state index >= 15 is 0 Å². The summed E-state index contributed by atoms with van der Waals surface area (Å²) in [6.45, 7) is 4.51. The van der Waals surface area contributed by atoms with Crippen LogP contribution in [0.5, 0.6) is 0 Å². The summed E-state index contributed by atoms with van der Waals surface area (Å²) < 4.78 is 5.97. The largest absolute Gasteiger partial charge is 0.370 e. The van der Waals surface area contributed by atoms with Crippen LogP contribution in [0.3, 0.4) is 0 Å². The van der Waals surface area contributed by atoms with E-state index in [0.29, 0.717) is 18.2 Å². The van der Waals surface area contributed by atoms with Crippen LogP contribution in [0.4, 0.5) is 5.13 Å². The third-order valence-corrected chi connectivity index (χ3v) is 6.87. The minimum atomic E-state index is -0.352. The summed E-state index contributed by atoms with van der Waals surface area (Å²) in [6.07, 6.45) is 3.20. The van der Waals surface area contributed by atoms with E-state index in [1.165, 1.54) is 16.3 Å². The number of thiazole rings is 1. The Morgan fingerprint density at radius 1 is 1.54 bits per heavy atom. The molecule has 0 radical (unpaired) electrons. The molecule has 3 aliphatic heterocycles. The van der Waals surface area contributed by atoms with Gasteiger partial charge in [0.05, 0.1) is 18.1 Å². The molecule has 0 spiro atoms. The van der Waals surface area contributed by atoms with Crippen molar-refractivity contribution in [1.29, 1.82) is 0 Å². The summed E-state index contributed by atoms with van der Waals surface area (Å²) in [6, 6.07) is 0. The molecule has 3 aliphatic rings. The molecule has 4 heterocycles. The van der Waals surface area contributed by atoms with Crippen LogP contribution in [0.2, 0.25) is 0 Å². The SMILES string of the molecule is CC[C@]1(C)CC2=C(CO1)S[C@@H]1N=NN(CC(=O)Nc3nccs3)C(=O)[C@@H]21. The zero-order valence-electron chi connectivity index (χ0n) is 14.5. The molecule has 0 fully saturated rings. The second-order valence-corrected chi connectivity index (χ2v) is 8.80. The van der Waals surface area contributed by atoms with Gasteiger partial charge in [-0.2, -0.15) is 5.11 Å². The maximum absolute atomic E-state index is 13.0. The number of carbonyl (C=O) groups is 2. The van der Waals surface area contributed by atoms with Gasteiger partial charge in [-0.15, -0.1) is 11.3 Å². The lowest BCUT2D eigenvalue weighted by molar-refractivity contribution is -0.139. The first kappa shape index (κ1) is 17.6. The van der Waals surface area contributed by atoms with Gasteiger partial charge in [-0.05, 0) is 25.3 Å². The van der Waals surface area contributed by atoms with Gasteiger partial charge in [0.15, 0.2) is 5.13 Å². The molecule has 0 aliphatic carbocycles. The molecule has 0 saturated heterocycles. The van der Waals surface area contributed by atoms with Crippen molar-refractivity contribution in [2.45, 2.75) is 37.7 Å². The topological polar surface area (TPSA) is 96.2 Å². The Hall–Kier alpha value is -1.78. The number of thioether (sulfide) groups is 1. The summed E-state index contributed by atoms with van der Waals surface area (Å²) >= 11 is 2.88. The van der Waals surface area contributed by atoms with Crippen molar-refractivity contribution in [3.05, 3.63) is 22.1 Å². The molecule has 1 aromatic heterocycles. The molecule has 0 saturated carbocycles. The van der Waals surface area contributed by atoms with Crippen LogP contribution >= 0.6 is 23.1 Å². The fourth-order valence-electron chi connectivity index (χ4n) is 3.26. The maximum Gasteiger partial charge on any atom is 0.254 e. The summed E-state index contributed by atoms with van der Waals surface area (Å²) in [5.74, 6) is -0.858. The molecule has 1 aromatic rings. The molecule has 0 aromatic carbocycles. The van der Waals surface area contributed by atoms with Crippen molar-refractivity contribution in [3.8, 4) is 0 Å². The van der Waals surface area contributed by atoms with Crippen LogP contribution in [0.15, 0.2) is 32.4 Å². The predicted molar refractivity (Wildman–Crippen MR) is 98.5 cm³/mol. The van der Waals surface area contributed by atoms with Gasteiger partial charge in [-0.25, -0.2) is 9.99 Å². The highest BCUT2D eigenvalue weighted by atomic mass is 32.2. The van der Waals surface area contributed by atoms with E-state index in [4.69, 9.17) is 4.74 Å². The van der Waals surface area contributed by atoms with Gasteiger partial charge in [-0.1, -0.05) is 23.9 Å². The number of hydrogen-bond donors (Lipinski definition) is 1. The first-order valence-corrected chi connectivity index (χ1v) is 10.2. The molecule has 4 rings (SSSR count). The highest BCUT2D eigenvalue weighted by Gasteiger charge is 2.49. The molecule has 1 N–H and O–H groups in total. The van der Waals surface area contributed by atoms with E-state index < -0.39 is 0 Å². The average Bonchev–Trinajstić information content (AvgIpc) is 3.24. The number of anilines is 1. The lowest BCUT2D eigenvalue weighted by Crippen LogP contribution is -2.44. The molecule has 10 heteroatoms. The molecule has 8 nitrogen and oxygen atoms in total. The van der Waals surface area contributed by atoms with Crippen molar-refractivity contribution < 1.29 is 14.3 Å². The Balaban J connectivity index is 1.48. The number of aromatic nitrogens is 1. The third-order valence-electron chi connectivity index (χ3n) is 4.91. The van der Waals surface area contributed by atoms with Crippen LogP contribution in [-0.2, 0) is 14.3 Å². The van der Waals surface area contributed by atoms with Crippen molar-refractivity contribution in [2.24, 2.45) is 16.3 Å². The van der Waals surface area contributed by atoms with Gasteiger partial charge in [0.2, 0.25) is 5.91 Å². The van der Waals surface area contributed by atoms with Crippen LogP contribution in [-0.4, -0.2) is 45.9 Å². The molecular formula is C16H19N5O3S2. The summed E-state index contributed by atoms with van der Waals surface area (Å²) in [7, 11) is 0. The van der Waals surface area contributed by atoms with Crippen LogP contribution in [0.1, 0.15) is 26.7 Å². The standard InChI is InChI=1S/C16H19N5O3S2/c1-3-16(2)6-9-10(8-24-16)26-13-12(9)14(23)21(20-19-13)7-11(22)18-15-17-4-5-25-15/h4-5,12-13H,3,6-8H2,1-2H3,(H,17,18,22)/t12-,13-,16+/m0/s1. The smallest absolute Gasteiger partial charge is 0.254 e. The number of amides is 2. The quantitative estimate of drug-likeness (QED) is 0.848. The zero-order chi connectivity index (χ0) is 18.3. The third kappa shape index (κ3) is 3.17. The Morgan fingerprint density at radius 2 is 2.38 bits per heavy atom. The van der Waals surface area contributed by atoms with Gasteiger partial charge in [-0.3, -0.25) is 9.59 Å². The molecular weight excluding hydrogens is 374 g/mol. The van der Waals surface area contributed by atoms with E-state index in [-0.39, 0.29) is 35.3 Å². The van der Waals surface area contributed by atoms with Crippen LogP contribution < -0.4 is 5.32 Å². The second kappa shape index (κ2) is 6.75. The van der Waals surface area contributed by atoms with E-state index in [2.05, 4.69) is 34.5 Å². The number of fused-ring (bicyclic) bond motifs is 2.